The Morgan fingerprint density at radius 2 is 2.09 bits per heavy atom. The first kappa shape index (κ1) is 23.9. The molecule has 1 aromatic rings. The van der Waals surface area contributed by atoms with E-state index in [0.29, 0.717) is 6.54 Å². The van der Waals surface area contributed by atoms with Crippen LogP contribution in [-0.2, 0) is 19.9 Å². The lowest BCUT2D eigenvalue weighted by atomic mass is 9.82. The topological polar surface area (TPSA) is 70.1 Å². The van der Waals surface area contributed by atoms with E-state index >= 15 is 4.11 Å². The van der Waals surface area contributed by atoms with Crippen molar-refractivity contribution in [1.29, 1.82) is 0 Å². The second-order valence-electron chi connectivity index (χ2n) is 10.0. The number of hydrogen-bond donors (Lipinski definition) is 1. The Morgan fingerprint density at radius 3 is 2.72 bits per heavy atom. The second-order valence-corrected chi connectivity index (χ2v) is 14.7. The molecule has 9 heteroatoms. The fraction of sp³-hybridized carbons (Fsp3) is 0.652. The summed E-state index contributed by atoms with van der Waals surface area (Å²) in [5.74, 6) is -0.758. The van der Waals surface area contributed by atoms with E-state index in [0.717, 1.165) is 34.1 Å². The molecule has 6 nitrogen and oxygen atoms in total. The van der Waals surface area contributed by atoms with E-state index in [4.69, 9.17) is 4.74 Å². The minimum atomic E-state index is -3.30. The van der Waals surface area contributed by atoms with Crippen molar-refractivity contribution >= 4 is 41.8 Å². The van der Waals surface area contributed by atoms with Crippen LogP contribution in [0.5, 0.6) is 0 Å². The van der Waals surface area contributed by atoms with Crippen LogP contribution in [0.25, 0.3) is 0 Å². The van der Waals surface area contributed by atoms with E-state index in [1.807, 2.05) is 26.0 Å². The molecular formula is C23H32BrFN2O4Si. The van der Waals surface area contributed by atoms with Crippen molar-refractivity contribution in [3.05, 3.63) is 27.7 Å². The van der Waals surface area contributed by atoms with E-state index in [2.05, 4.69) is 15.9 Å². The van der Waals surface area contributed by atoms with Crippen molar-refractivity contribution in [2.45, 2.75) is 69.5 Å². The van der Waals surface area contributed by atoms with Gasteiger partial charge in [-0.25, -0.2) is 0 Å². The van der Waals surface area contributed by atoms with E-state index in [1.54, 1.807) is 29.9 Å². The molecule has 4 rings (SSSR count). The number of ether oxygens (including phenoxy) is 1. The van der Waals surface area contributed by atoms with Crippen molar-refractivity contribution in [3.63, 3.8) is 0 Å². The molecule has 1 spiro atoms. The monoisotopic (exact) mass is 526 g/mol. The van der Waals surface area contributed by atoms with E-state index in [-0.39, 0.29) is 30.9 Å². The highest BCUT2D eigenvalue weighted by Crippen LogP contribution is 2.61. The van der Waals surface area contributed by atoms with Gasteiger partial charge in [0, 0.05) is 35.1 Å². The Kier molecular flexibility index (Phi) is 6.10. The number of aryl methyl sites for hydroxylation is 1. The molecule has 0 saturated carbocycles. The Hall–Kier alpha value is -1.29. The molecule has 0 radical (unpaired) electrons. The highest BCUT2D eigenvalue weighted by Gasteiger charge is 2.67. The number of carbonyl (C=O) groups is 2. The molecule has 0 bridgehead atoms. The maximum atomic E-state index is 15.7. The molecule has 5 atom stereocenters. The van der Waals surface area contributed by atoms with Crippen LogP contribution in [-0.4, -0.2) is 62.6 Å². The summed E-state index contributed by atoms with van der Waals surface area (Å²) in [6.45, 7) is 7.64. The van der Waals surface area contributed by atoms with Crippen LogP contribution in [0.2, 0.25) is 18.6 Å². The first-order valence-corrected chi connectivity index (χ1v) is 15.0. The smallest absolute Gasteiger partial charge is 0.264 e. The van der Waals surface area contributed by atoms with Crippen molar-refractivity contribution in [2.75, 3.05) is 25.1 Å². The molecule has 2 saturated heterocycles. The molecule has 3 aliphatic rings. The standard InChI is InChI=1S/C23H32BrFN2O4Si/c1-13-9-16-20(17(24)10-13)26(3)22(30)23(16)14(2)21(32(4,5)25)18(31-23)11-19(29)27-8-6-7-15(27)12-28/h9-10,14-15,18,21,28H,6-8,11-12H2,1-5H3/t14-,15-,18+,21-,23+/m0/s1. The molecule has 3 heterocycles. The van der Waals surface area contributed by atoms with Gasteiger partial charge in [0.05, 0.1) is 30.9 Å². The Morgan fingerprint density at radius 1 is 1.41 bits per heavy atom. The van der Waals surface area contributed by atoms with Crippen LogP contribution in [0.3, 0.4) is 0 Å². The number of aliphatic hydroxyl groups excluding tert-OH is 1. The van der Waals surface area contributed by atoms with Crippen LogP contribution in [0.15, 0.2) is 16.6 Å². The number of fused-ring (bicyclic) bond motifs is 2. The van der Waals surface area contributed by atoms with E-state index < -0.39 is 31.6 Å². The predicted molar refractivity (Wildman–Crippen MR) is 127 cm³/mol. The minimum Gasteiger partial charge on any atom is -0.394 e. The number of carbonyl (C=O) groups excluding carboxylic acids is 2. The summed E-state index contributed by atoms with van der Waals surface area (Å²) in [5.41, 5.74) is 0.661. The number of rotatable bonds is 4. The van der Waals surface area contributed by atoms with Gasteiger partial charge in [-0.05, 0) is 60.4 Å². The Bertz CT molecular complexity index is 955. The van der Waals surface area contributed by atoms with Gasteiger partial charge in [-0.2, -0.15) is 0 Å². The third kappa shape index (κ3) is 3.47. The molecule has 0 aliphatic carbocycles. The molecule has 176 valence electrons. The Labute approximate surface area is 198 Å². The van der Waals surface area contributed by atoms with Gasteiger partial charge in [0.15, 0.2) is 5.60 Å². The third-order valence-corrected chi connectivity index (χ3v) is 10.6. The molecule has 2 amide bonds. The summed E-state index contributed by atoms with van der Waals surface area (Å²) < 4.78 is 23.1. The van der Waals surface area contributed by atoms with Gasteiger partial charge in [-0.15, -0.1) is 0 Å². The number of nitrogens with zero attached hydrogens (tertiary/aromatic N) is 2. The quantitative estimate of drug-likeness (QED) is 0.477. The van der Waals surface area contributed by atoms with Crippen molar-refractivity contribution < 1.29 is 23.5 Å². The molecule has 1 N–H and O–H groups in total. The summed E-state index contributed by atoms with van der Waals surface area (Å²) in [6.07, 6.45) is 0.948. The minimum absolute atomic E-state index is 0.0208. The number of anilines is 1. The summed E-state index contributed by atoms with van der Waals surface area (Å²) in [6, 6.07) is 3.72. The Balaban J connectivity index is 1.75. The molecule has 0 unspecified atom stereocenters. The van der Waals surface area contributed by atoms with Gasteiger partial charge >= 0.3 is 0 Å². The largest absolute Gasteiger partial charge is 0.394 e. The molecule has 3 aliphatic heterocycles. The fourth-order valence-corrected chi connectivity index (χ4v) is 9.56. The number of hydrogen-bond acceptors (Lipinski definition) is 4. The molecule has 0 aromatic heterocycles. The summed E-state index contributed by atoms with van der Waals surface area (Å²) in [5, 5.41) is 9.63. The van der Waals surface area contributed by atoms with Crippen molar-refractivity contribution in [3.8, 4) is 0 Å². The van der Waals surface area contributed by atoms with Crippen LogP contribution in [0.1, 0.15) is 37.3 Å². The maximum absolute atomic E-state index is 15.7. The molecule has 32 heavy (non-hydrogen) atoms. The van der Waals surface area contributed by atoms with Gasteiger partial charge in [0.25, 0.3) is 5.91 Å². The number of aliphatic hydroxyl groups is 1. The number of benzene rings is 1. The van der Waals surface area contributed by atoms with Gasteiger partial charge in [-0.3, -0.25) is 9.59 Å². The van der Waals surface area contributed by atoms with Gasteiger partial charge in [-0.1, -0.05) is 13.0 Å². The van der Waals surface area contributed by atoms with Crippen molar-refractivity contribution in [1.82, 2.24) is 4.90 Å². The fourth-order valence-electron chi connectivity index (χ4n) is 6.22. The number of halogens is 2. The van der Waals surface area contributed by atoms with Gasteiger partial charge < -0.3 is 23.8 Å². The number of likely N-dealkylation sites (tertiary alicyclic amines) is 1. The summed E-state index contributed by atoms with van der Waals surface area (Å²) in [7, 11) is -1.59. The van der Waals surface area contributed by atoms with Crippen LogP contribution < -0.4 is 4.90 Å². The molecule has 2 fully saturated rings. The predicted octanol–water partition coefficient (Wildman–Crippen LogP) is 3.88. The summed E-state index contributed by atoms with van der Waals surface area (Å²) >= 11 is 3.59. The van der Waals surface area contributed by atoms with Crippen LogP contribution in [0, 0.1) is 12.8 Å². The average Bonchev–Trinajstić information content (AvgIpc) is 3.33. The lowest BCUT2D eigenvalue weighted by Crippen LogP contribution is -2.44. The van der Waals surface area contributed by atoms with Gasteiger partial charge in [0.1, 0.15) is 0 Å². The van der Waals surface area contributed by atoms with Crippen molar-refractivity contribution in [2.24, 2.45) is 5.92 Å². The molecule has 1 aromatic carbocycles. The van der Waals surface area contributed by atoms with E-state index in [1.165, 1.54) is 0 Å². The lowest BCUT2D eigenvalue weighted by molar-refractivity contribution is -0.149. The normalized spacial score (nSPS) is 32.3. The first-order valence-electron chi connectivity index (χ1n) is 11.3. The second kappa shape index (κ2) is 8.18. The zero-order valence-corrected chi connectivity index (χ0v) is 21.9. The number of amides is 2. The highest BCUT2D eigenvalue weighted by molar-refractivity contribution is 9.10. The maximum Gasteiger partial charge on any atom is 0.264 e. The summed E-state index contributed by atoms with van der Waals surface area (Å²) in [4.78, 5) is 30.1. The average molecular weight is 528 g/mol. The SMILES string of the molecule is Cc1cc(Br)c2c(c1)[C@@]1(O[C@H](CC(=O)N3CCC[C@H]3CO)[C@@H]([Si](C)(C)F)[C@@H]1C)C(=O)N2C. The molecular weight excluding hydrogens is 495 g/mol. The lowest BCUT2D eigenvalue weighted by Gasteiger charge is -2.31. The first-order chi connectivity index (χ1) is 14.9. The van der Waals surface area contributed by atoms with Crippen LogP contribution >= 0.6 is 15.9 Å². The zero-order chi connectivity index (χ0) is 23.6. The van der Waals surface area contributed by atoms with Gasteiger partial charge in [0.2, 0.25) is 14.3 Å². The van der Waals surface area contributed by atoms with Crippen LogP contribution in [0.4, 0.5) is 9.80 Å². The highest BCUT2D eigenvalue weighted by atomic mass is 79.9. The third-order valence-electron chi connectivity index (χ3n) is 7.56. The zero-order valence-electron chi connectivity index (χ0n) is 19.3. The number of likely N-dealkylation sites (N-methyl/N-ethyl adjacent to an activating group) is 1. The van der Waals surface area contributed by atoms with E-state index in [9.17, 15) is 14.7 Å².